The van der Waals surface area contributed by atoms with Gasteiger partial charge in [0.2, 0.25) is 11.8 Å². The van der Waals surface area contributed by atoms with Crippen LogP contribution in [0.15, 0.2) is 18.6 Å². The first-order valence-corrected chi connectivity index (χ1v) is 7.98. The summed E-state index contributed by atoms with van der Waals surface area (Å²) in [4.78, 5) is 22.6. The quantitative estimate of drug-likeness (QED) is 0.843. The Morgan fingerprint density at radius 1 is 1.27 bits per heavy atom. The molecule has 1 saturated carbocycles. The maximum absolute atomic E-state index is 13.2. The lowest BCUT2D eigenvalue weighted by Gasteiger charge is -2.36. The molecule has 1 aromatic heterocycles. The van der Waals surface area contributed by atoms with Crippen molar-refractivity contribution in [2.75, 3.05) is 13.1 Å². The molecule has 1 saturated heterocycles. The molecule has 22 heavy (non-hydrogen) atoms. The molecule has 6 heteroatoms. The number of rotatable bonds is 2. The number of hydrogen-bond donors (Lipinski definition) is 0. The summed E-state index contributed by atoms with van der Waals surface area (Å²) in [7, 11) is 0. The Bertz CT molecular complexity index is 513. The predicted molar refractivity (Wildman–Crippen MR) is 77.5 cm³/mol. The number of halogens is 2. The lowest BCUT2D eigenvalue weighted by atomic mass is 9.85. The van der Waals surface area contributed by atoms with Crippen LogP contribution < -0.4 is 0 Å². The van der Waals surface area contributed by atoms with E-state index in [0.29, 0.717) is 19.4 Å². The minimum absolute atomic E-state index is 0.0502. The Labute approximate surface area is 128 Å². The van der Waals surface area contributed by atoms with Crippen molar-refractivity contribution in [2.45, 2.75) is 50.4 Å². The molecular formula is C16H21F2N3O. The number of amides is 1. The van der Waals surface area contributed by atoms with E-state index in [-0.39, 0.29) is 30.6 Å². The van der Waals surface area contributed by atoms with Crippen LogP contribution in [0, 0.1) is 5.92 Å². The predicted octanol–water partition coefficient (Wildman–Crippen LogP) is 3.01. The molecule has 1 aliphatic heterocycles. The molecule has 4 nitrogen and oxygen atoms in total. The van der Waals surface area contributed by atoms with Crippen molar-refractivity contribution in [1.82, 2.24) is 14.9 Å². The van der Waals surface area contributed by atoms with Crippen LogP contribution in [0.1, 0.15) is 50.1 Å². The Morgan fingerprint density at radius 3 is 2.73 bits per heavy atom. The van der Waals surface area contributed by atoms with Crippen molar-refractivity contribution in [1.29, 1.82) is 0 Å². The van der Waals surface area contributed by atoms with Gasteiger partial charge < -0.3 is 4.90 Å². The third kappa shape index (κ3) is 3.42. The van der Waals surface area contributed by atoms with Crippen LogP contribution in [-0.4, -0.2) is 39.8 Å². The molecule has 0 radical (unpaired) electrons. The number of aromatic nitrogens is 2. The SMILES string of the molecule is O=C(C1CCC(F)(F)CC1)N1CCC[C@H](c2ccncn2)C1. The Hall–Kier alpha value is -1.59. The zero-order chi connectivity index (χ0) is 15.6. The van der Waals surface area contributed by atoms with E-state index in [9.17, 15) is 13.6 Å². The van der Waals surface area contributed by atoms with Crippen LogP contribution in [-0.2, 0) is 4.79 Å². The highest BCUT2D eigenvalue weighted by atomic mass is 19.3. The molecule has 2 aliphatic rings. The van der Waals surface area contributed by atoms with Crippen molar-refractivity contribution in [3.63, 3.8) is 0 Å². The number of likely N-dealkylation sites (tertiary alicyclic amines) is 1. The summed E-state index contributed by atoms with van der Waals surface area (Å²) in [6, 6.07) is 1.89. The number of carbonyl (C=O) groups is 1. The first-order valence-electron chi connectivity index (χ1n) is 7.98. The highest BCUT2D eigenvalue weighted by Gasteiger charge is 2.39. The maximum atomic E-state index is 13.2. The molecule has 2 heterocycles. The van der Waals surface area contributed by atoms with Crippen LogP contribution >= 0.6 is 0 Å². The van der Waals surface area contributed by atoms with Gasteiger partial charge in [0.25, 0.3) is 0 Å². The molecule has 0 spiro atoms. The summed E-state index contributed by atoms with van der Waals surface area (Å²) in [5.74, 6) is -2.54. The van der Waals surface area contributed by atoms with Gasteiger partial charge in [0.15, 0.2) is 0 Å². The van der Waals surface area contributed by atoms with Crippen molar-refractivity contribution in [2.24, 2.45) is 5.92 Å². The summed E-state index contributed by atoms with van der Waals surface area (Å²) in [5, 5.41) is 0. The molecule has 120 valence electrons. The van der Waals surface area contributed by atoms with Crippen LogP contribution in [0.2, 0.25) is 0 Å². The number of hydrogen-bond acceptors (Lipinski definition) is 3. The molecule has 1 aromatic rings. The summed E-state index contributed by atoms with van der Waals surface area (Å²) in [6.45, 7) is 1.37. The maximum Gasteiger partial charge on any atom is 0.248 e. The molecular weight excluding hydrogens is 288 g/mol. The fourth-order valence-corrected chi connectivity index (χ4v) is 3.51. The fraction of sp³-hybridized carbons (Fsp3) is 0.688. The van der Waals surface area contributed by atoms with E-state index in [1.165, 1.54) is 6.33 Å². The number of alkyl halides is 2. The average Bonchev–Trinajstić information content (AvgIpc) is 2.55. The van der Waals surface area contributed by atoms with Crippen molar-refractivity contribution < 1.29 is 13.6 Å². The molecule has 3 rings (SSSR count). The first-order chi connectivity index (χ1) is 10.6. The molecule has 1 aliphatic carbocycles. The van der Waals surface area contributed by atoms with Crippen molar-refractivity contribution in [3.05, 3.63) is 24.3 Å². The average molecular weight is 309 g/mol. The van der Waals surface area contributed by atoms with E-state index in [1.54, 1.807) is 6.20 Å². The second-order valence-electron chi connectivity index (χ2n) is 6.39. The van der Waals surface area contributed by atoms with Crippen LogP contribution in [0.3, 0.4) is 0 Å². The fourth-order valence-electron chi connectivity index (χ4n) is 3.51. The van der Waals surface area contributed by atoms with Crippen LogP contribution in [0.5, 0.6) is 0 Å². The monoisotopic (exact) mass is 309 g/mol. The van der Waals surface area contributed by atoms with Gasteiger partial charge in [-0.1, -0.05) is 0 Å². The van der Waals surface area contributed by atoms with E-state index in [2.05, 4.69) is 9.97 Å². The molecule has 2 fully saturated rings. The highest BCUT2D eigenvalue weighted by molar-refractivity contribution is 5.79. The normalized spacial score (nSPS) is 25.9. The Kier molecular flexibility index (Phi) is 4.36. The Morgan fingerprint density at radius 2 is 2.05 bits per heavy atom. The third-order valence-electron chi connectivity index (χ3n) is 4.82. The van der Waals surface area contributed by atoms with Gasteiger partial charge in [-0.2, -0.15) is 0 Å². The number of carbonyl (C=O) groups excluding carboxylic acids is 1. The van der Waals surface area contributed by atoms with Gasteiger partial charge in [-0.15, -0.1) is 0 Å². The van der Waals surface area contributed by atoms with E-state index >= 15 is 0 Å². The smallest absolute Gasteiger partial charge is 0.248 e. The summed E-state index contributed by atoms with van der Waals surface area (Å²) in [6.07, 6.45) is 5.47. The molecule has 0 unspecified atom stereocenters. The first kappa shape index (κ1) is 15.3. The molecule has 1 amide bonds. The zero-order valence-corrected chi connectivity index (χ0v) is 12.5. The van der Waals surface area contributed by atoms with Crippen molar-refractivity contribution in [3.8, 4) is 0 Å². The minimum atomic E-state index is -2.58. The third-order valence-corrected chi connectivity index (χ3v) is 4.82. The molecule has 0 aromatic carbocycles. The van der Waals surface area contributed by atoms with Crippen molar-refractivity contribution >= 4 is 5.91 Å². The van der Waals surface area contributed by atoms with Gasteiger partial charge in [-0.3, -0.25) is 4.79 Å². The van der Waals surface area contributed by atoms with Crippen LogP contribution in [0.4, 0.5) is 8.78 Å². The standard InChI is InChI=1S/C16H21F2N3O/c17-16(18)6-3-12(4-7-16)15(22)21-9-1-2-13(10-21)14-5-8-19-11-20-14/h5,8,11-13H,1-4,6-7,9-10H2/t13-/m0/s1. The second-order valence-corrected chi connectivity index (χ2v) is 6.39. The highest BCUT2D eigenvalue weighted by Crippen LogP contribution is 2.37. The molecule has 1 atom stereocenters. The largest absolute Gasteiger partial charge is 0.342 e. The molecule has 0 bridgehead atoms. The number of nitrogens with zero attached hydrogens (tertiary/aromatic N) is 3. The van der Waals surface area contributed by atoms with Gasteiger partial charge in [-0.25, -0.2) is 18.7 Å². The van der Waals surface area contributed by atoms with E-state index in [0.717, 1.165) is 25.1 Å². The van der Waals surface area contributed by atoms with E-state index in [4.69, 9.17) is 0 Å². The Balaban J connectivity index is 1.61. The second kappa shape index (κ2) is 6.26. The van der Waals surface area contributed by atoms with Crippen LogP contribution in [0.25, 0.3) is 0 Å². The van der Waals surface area contributed by atoms with E-state index in [1.807, 2.05) is 11.0 Å². The summed E-state index contributed by atoms with van der Waals surface area (Å²) >= 11 is 0. The lowest BCUT2D eigenvalue weighted by Crippen LogP contribution is -2.44. The van der Waals surface area contributed by atoms with E-state index < -0.39 is 5.92 Å². The number of piperidine rings is 1. The molecule has 0 N–H and O–H groups in total. The van der Waals surface area contributed by atoms with Gasteiger partial charge >= 0.3 is 0 Å². The van der Waals surface area contributed by atoms with Gasteiger partial charge in [-0.05, 0) is 31.7 Å². The minimum Gasteiger partial charge on any atom is -0.342 e. The van der Waals surface area contributed by atoms with Gasteiger partial charge in [0.05, 0.1) is 0 Å². The summed E-state index contributed by atoms with van der Waals surface area (Å²) in [5.41, 5.74) is 0.961. The topological polar surface area (TPSA) is 46.1 Å². The zero-order valence-electron chi connectivity index (χ0n) is 12.5. The van der Waals surface area contributed by atoms with Gasteiger partial charge in [0, 0.05) is 49.7 Å². The summed E-state index contributed by atoms with van der Waals surface area (Å²) < 4.78 is 26.5. The lowest BCUT2D eigenvalue weighted by molar-refractivity contribution is -0.140. The van der Waals surface area contributed by atoms with Gasteiger partial charge in [0.1, 0.15) is 6.33 Å².